The van der Waals surface area contributed by atoms with Crippen LogP contribution in [0.3, 0.4) is 0 Å². The molecular weight excluding hydrogens is 392 g/mol. The number of hydrogen-bond donors (Lipinski definition) is 1. The van der Waals surface area contributed by atoms with Crippen molar-refractivity contribution in [1.82, 2.24) is 9.88 Å². The van der Waals surface area contributed by atoms with Gasteiger partial charge in [0.2, 0.25) is 0 Å². The van der Waals surface area contributed by atoms with Gasteiger partial charge in [0, 0.05) is 12.7 Å². The topological polar surface area (TPSA) is 94.5 Å². The summed E-state index contributed by atoms with van der Waals surface area (Å²) in [4.78, 5) is 25.7. The Hall–Kier alpha value is -2.61. The highest BCUT2D eigenvalue weighted by molar-refractivity contribution is 7.91. The third-order valence-corrected chi connectivity index (χ3v) is 7.10. The van der Waals surface area contributed by atoms with Crippen LogP contribution >= 0.6 is 0 Å². The number of amides is 1. The first-order valence-electron chi connectivity index (χ1n) is 9.66. The van der Waals surface area contributed by atoms with Crippen LogP contribution in [-0.4, -0.2) is 44.1 Å². The van der Waals surface area contributed by atoms with E-state index in [1.165, 1.54) is 11.7 Å². The van der Waals surface area contributed by atoms with Gasteiger partial charge in [-0.2, -0.15) is 0 Å². The number of hydrogen-bond acceptors (Lipinski definition) is 5. The minimum atomic E-state index is -2.89. The van der Waals surface area contributed by atoms with Gasteiger partial charge in [0.1, 0.15) is 21.2 Å². The van der Waals surface area contributed by atoms with Crippen LogP contribution in [0.15, 0.2) is 41.3 Å². The van der Waals surface area contributed by atoms with E-state index >= 15 is 0 Å². The average molecular weight is 419 g/mol. The highest BCUT2D eigenvalue weighted by Gasteiger charge is 2.24. The monoisotopic (exact) mass is 418 g/mol. The first-order chi connectivity index (χ1) is 13.8. The molecule has 7 nitrogen and oxygen atoms in total. The molecule has 1 aliphatic heterocycles. The van der Waals surface area contributed by atoms with E-state index in [0.717, 1.165) is 0 Å². The standard InChI is InChI=1S/C21H26N2O5S/c1-15-8-12-23(17-5-3-4-6-18(17)28-2)21(25)19(15)20(24)22-11-7-16-9-13-29(26,27)14-10-16/h3-6,8,12,16H,7,9-11,13-14H2,1-2H3,(H,22,24). The molecule has 1 aliphatic rings. The van der Waals surface area contributed by atoms with Crippen molar-refractivity contribution < 1.29 is 17.9 Å². The molecule has 3 rings (SSSR count). The van der Waals surface area contributed by atoms with Crippen molar-refractivity contribution in [2.45, 2.75) is 26.2 Å². The van der Waals surface area contributed by atoms with E-state index < -0.39 is 21.3 Å². The van der Waals surface area contributed by atoms with E-state index in [1.807, 2.05) is 6.07 Å². The van der Waals surface area contributed by atoms with Crippen molar-refractivity contribution in [3.05, 3.63) is 58.0 Å². The third-order valence-electron chi connectivity index (χ3n) is 5.38. The second kappa shape index (κ2) is 8.82. The van der Waals surface area contributed by atoms with Crippen molar-refractivity contribution in [3.63, 3.8) is 0 Å². The molecule has 1 aromatic carbocycles. The molecule has 29 heavy (non-hydrogen) atoms. The number of nitrogens with one attached hydrogen (secondary N) is 1. The molecule has 1 amide bonds. The second-order valence-corrected chi connectivity index (χ2v) is 9.66. The van der Waals surface area contributed by atoms with Crippen molar-refractivity contribution in [3.8, 4) is 11.4 Å². The largest absolute Gasteiger partial charge is 0.495 e. The predicted octanol–water partition coefficient (Wildman–Crippen LogP) is 2.10. The summed E-state index contributed by atoms with van der Waals surface area (Å²) in [5.41, 5.74) is 0.861. The van der Waals surface area contributed by atoms with Gasteiger partial charge in [-0.25, -0.2) is 8.42 Å². The van der Waals surface area contributed by atoms with Gasteiger partial charge in [0.25, 0.3) is 11.5 Å². The molecule has 1 aromatic heterocycles. The van der Waals surface area contributed by atoms with Crippen LogP contribution in [0.2, 0.25) is 0 Å². The first kappa shape index (κ1) is 21.1. The number of ether oxygens (including phenoxy) is 1. The summed E-state index contributed by atoms with van der Waals surface area (Å²) in [6, 6.07) is 8.86. The van der Waals surface area contributed by atoms with Crippen LogP contribution in [0.4, 0.5) is 0 Å². The molecule has 0 unspecified atom stereocenters. The number of rotatable bonds is 6. The van der Waals surface area contributed by atoms with Gasteiger partial charge in [-0.3, -0.25) is 14.2 Å². The van der Waals surface area contributed by atoms with Crippen molar-refractivity contribution >= 4 is 15.7 Å². The number of aryl methyl sites for hydroxylation is 1. The number of carbonyl (C=O) groups excluding carboxylic acids is 1. The van der Waals surface area contributed by atoms with E-state index in [1.54, 1.807) is 37.4 Å². The summed E-state index contributed by atoms with van der Waals surface area (Å²) in [6.45, 7) is 2.14. The normalized spacial score (nSPS) is 16.3. The smallest absolute Gasteiger partial charge is 0.268 e. The zero-order valence-electron chi connectivity index (χ0n) is 16.7. The Bertz CT molecular complexity index is 1040. The fourth-order valence-corrected chi connectivity index (χ4v) is 5.22. The Morgan fingerprint density at radius 3 is 2.59 bits per heavy atom. The maximum Gasteiger partial charge on any atom is 0.268 e. The zero-order chi connectivity index (χ0) is 21.0. The zero-order valence-corrected chi connectivity index (χ0v) is 17.5. The van der Waals surface area contributed by atoms with Crippen LogP contribution in [0.5, 0.6) is 5.75 Å². The van der Waals surface area contributed by atoms with Crippen LogP contribution in [0.25, 0.3) is 5.69 Å². The molecule has 0 spiro atoms. The third kappa shape index (κ3) is 4.87. The highest BCUT2D eigenvalue weighted by atomic mass is 32.2. The molecule has 1 fully saturated rings. The molecule has 2 aromatic rings. The number of nitrogens with zero attached hydrogens (tertiary/aromatic N) is 1. The molecule has 0 bridgehead atoms. The van der Waals surface area contributed by atoms with Gasteiger partial charge >= 0.3 is 0 Å². The Labute approximate surface area is 170 Å². The van der Waals surface area contributed by atoms with E-state index in [4.69, 9.17) is 4.74 Å². The summed E-state index contributed by atoms with van der Waals surface area (Å²) in [7, 11) is -1.36. The van der Waals surface area contributed by atoms with E-state index in [0.29, 0.717) is 42.8 Å². The minimum Gasteiger partial charge on any atom is -0.495 e. The summed E-state index contributed by atoms with van der Waals surface area (Å²) in [6.07, 6.45) is 3.59. The number of para-hydroxylation sites is 2. The van der Waals surface area contributed by atoms with Gasteiger partial charge in [-0.15, -0.1) is 0 Å². The molecule has 0 atom stereocenters. The van der Waals surface area contributed by atoms with Crippen molar-refractivity contribution in [2.24, 2.45) is 5.92 Å². The lowest BCUT2D eigenvalue weighted by Gasteiger charge is -2.21. The number of methoxy groups -OCH3 is 1. The fraction of sp³-hybridized carbons (Fsp3) is 0.429. The number of pyridine rings is 1. The van der Waals surface area contributed by atoms with Gasteiger partial charge in [-0.05, 0) is 55.9 Å². The van der Waals surface area contributed by atoms with Crippen LogP contribution in [0.1, 0.15) is 35.2 Å². The summed E-state index contributed by atoms with van der Waals surface area (Å²) in [5.74, 6) is 0.832. The SMILES string of the molecule is COc1ccccc1-n1ccc(C)c(C(=O)NCCC2CCS(=O)(=O)CC2)c1=O. The molecule has 0 aliphatic carbocycles. The number of sulfone groups is 1. The summed E-state index contributed by atoms with van der Waals surface area (Å²) >= 11 is 0. The molecule has 1 saturated heterocycles. The molecular formula is C21H26N2O5S. The molecule has 0 radical (unpaired) electrons. The molecule has 1 N–H and O–H groups in total. The van der Waals surface area contributed by atoms with Gasteiger partial charge < -0.3 is 10.1 Å². The minimum absolute atomic E-state index is 0.102. The lowest BCUT2D eigenvalue weighted by Crippen LogP contribution is -2.35. The van der Waals surface area contributed by atoms with E-state index in [-0.39, 0.29) is 23.0 Å². The van der Waals surface area contributed by atoms with E-state index in [9.17, 15) is 18.0 Å². The van der Waals surface area contributed by atoms with Crippen molar-refractivity contribution in [2.75, 3.05) is 25.2 Å². The van der Waals surface area contributed by atoms with Crippen LogP contribution < -0.4 is 15.6 Å². The van der Waals surface area contributed by atoms with Gasteiger partial charge in [0.15, 0.2) is 0 Å². The lowest BCUT2D eigenvalue weighted by molar-refractivity contribution is 0.0948. The maximum atomic E-state index is 13.0. The average Bonchev–Trinajstić information content (AvgIpc) is 2.69. The number of benzene rings is 1. The molecule has 156 valence electrons. The number of carbonyl (C=O) groups is 1. The van der Waals surface area contributed by atoms with Gasteiger partial charge in [0.05, 0.1) is 24.3 Å². The number of aromatic nitrogens is 1. The summed E-state index contributed by atoms with van der Waals surface area (Å²) in [5, 5.41) is 2.82. The molecule has 2 heterocycles. The second-order valence-electron chi connectivity index (χ2n) is 7.36. The quantitative estimate of drug-likeness (QED) is 0.775. The van der Waals surface area contributed by atoms with E-state index in [2.05, 4.69) is 5.32 Å². The summed E-state index contributed by atoms with van der Waals surface area (Å²) < 4.78 is 29.8. The van der Waals surface area contributed by atoms with Crippen molar-refractivity contribution in [1.29, 1.82) is 0 Å². The molecule has 8 heteroatoms. The fourth-order valence-electron chi connectivity index (χ4n) is 3.63. The lowest BCUT2D eigenvalue weighted by atomic mass is 9.99. The highest BCUT2D eigenvalue weighted by Crippen LogP contribution is 2.22. The molecule has 0 saturated carbocycles. The first-order valence-corrected chi connectivity index (χ1v) is 11.5. The maximum absolute atomic E-state index is 13.0. The van der Waals surface area contributed by atoms with Crippen LogP contribution in [-0.2, 0) is 9.84 Å². The Balaban J connectivity index is 1.73. The Morgan fingerprint density at radius 1 is 1.21 bits per heavy atom. The van der Waals surface area contributed by atoms with Crippen LogP contribution in [0, 0.1) is 12.8 Å². The Morgan fingerprint density at radius 2 is 1.90 bits per heavy atom. The predicted molar refractivity (Wildman–Crippen MR) is 112 cm³/mol. The van der Waals surface area contributed by atoms with Gasteiger partial charge in [-0.1, -0.05) is 12.1 Å². The Kier molecular flexibility index (Phi) is 6.42.